The maximum absolute atomic E-state index is 11.1. The Bertz CT molecular complexity index is 653. The summed E-state index contributed by atoms with van der Waals surface area (Å²) in [6, 6.07) is 15.2. The van der Waals surface area contributed by atoms with Crippen LogP contribution in [0.5, 0.6) is 0 Å². The van der Waals surface area contributed by atoms with E-state index in [9.17, 15) is 8.42 Å². The van der Waals surface area contributed by atoms with Crippen molar-refractivity contribution in [1.29, 1.82) is 0 Å². The van der Waals surface area contributed by atoms with E-state index in [0.717, 1.165) is 17.5 Å². The molecule has 1 aromatic heterocycles. The zero-order valence-corrected chi connectivity index (χ0v) is 11.6. The lowest BCUT2D eigenvalue weighted by molar-refractivity contribution is 0.232. The minimum absolute atomic E-state index is 0.590. The second kappa shape index (κ2) is 5.50. The Labute approximate surface area is 113 Å². The fourth-order valence-corrected chi connectivity index (χ4v) is 2.38. The van der Waals surface area contributed by atoms with E-state index in [-0.39, 0.29) is 0 Å². The second-order valence-electron chi connectivity index (χ2n) is 4.26. The Balaban J connectivity index is 2.30. The first-order chi connectivity index (χ1) is 8.96. The fourth-order valence-electron chi connectivity index (χ4n) is 1.76. The van der Waals surface area contributed by atoms with Crippen molar-refractivity contribution in [1.82, 2.24) is 4.98 Å². The molecule has 2 rings (SSSR count). The molecule has 2 aromatic rings. The lowest BCUT2D eigenvalue weighted by Gasteiger charge is -2.11. The highest BCUT2D eigenvalue weighted by Crippen LogP contribution is 2.21. The average Bonchev–Trinajstić information content (AvgIpc) is 2.38. The van der Waals surface area contributed by atoms with E-state index in [4.69, 9.17) is 4.18 Å². The van der Waals surface area contributed by atoms with Crippen LogP contribution in [-0.4, -0.2) is 19.7 Å². The van der Waals surface area contributed by atoms with Gasteiger partial charge in [0.25, 0.3) is 10.1 Å². The van der Waals surface area contributed by atoms with E-state index in [2.05, 4.69) is 4.98 Å². The van der Waals surface area contributed by atoms with Gasteiger partial charge in [0.1, 0.15) is 6.10 Å². The molecule has 100 valence electrons. The van der Waals surface area contributed by atoms with Gasteiger partial charge in [-0.05, 0) is 19.1 Å². The third kappa shape index (κ3) is 3.87. The minimum Gasteiger partial charge on any atom is -0.261 e. The SMILES string of the molecule is C[C@@H](OS(C)(=O)=O)c1cccc(-c2ccccc2)n1. The molecule has 0 bridgehead atoms. The van der Waals surface area contributed by atoms with Gasteiger partial charge in [0.2, 0.25) is 0 Å². The first-order valence-electron chi connectivity index (χ1n) is 5.86. The van der Waals surface area contributed by atoms with E-state index in [1.165, 1.54) is 0 Å². The summed E-state index contributed by atoms with van der Waals surface area (Å²) in [5.74, 6) is 0. The van der Waals surface area contributed by atoms with Gasteiger partial charge in [0.15, 0.2) is 0 Å². The summed E-state index contributed by atoms with van der Waals surface area (Å²) in [7, 11) is -3.49. The van der Waals surface area contributed by atoms with Crippen LogP contribution in [0.1, 0.15) is 18.7 Å². The summed E-state index contributed by atoms with van der Waals surface area (Å²) in [6.07, 6.45) is 0.434. The molecule has 0 aliphatic rings. The van der Waals surface area contributed by atoms with Crippen molar-refractivity contribution in [2.45, 2.75) is 13.0 Å². The summed E-state index contributed by atoms with van der Waals surface area (Å²) >= 11 is 0. The Morgan fingerprint density at radius 3 is 2.37 bits per heavy atom. The maximum Gasteiger partial charge on any atom is 0.265 e. The Hall–Kier alpha value is -1.72. The lowest BCUT2D eigenvalue weighted by atomic mass is 10.1. The Kier molecular flexibility index (Phi) is 3.97. The molecule has 0 spiro atoms. The summed E-state index contributed by atoms with van der Waals surface area (Å²) in [5, 5.41) is 0. The van der Waals surface area contributed by atoms with Crippen molar-refractivity contribution in [3.05, 3.63) is 54.2 Å². The van der Waals surface area contributed by atoms with Crippen LogP contribution >= 0.6 is 0 Å². The molecule has 19 heavy (non-hydrogen) atoms. The Morgan fingerprint density at radius 1 is 1.05 bits per heavy atom. The largest absolute Gasteiger partial charge is 0.265 e. The van der Waals surface area contributed by atoms with Gasteiger partial charge in [-0.3, -0.25) is 9.17 Å². The molecule has 0 fully saturated rings. The van der Waals surface area contributed by atoms with Crippen LogP contribution in [0, 0.1) is 0 Å². The number of benzene rings is 1. The predicted molar refractivity (Wildman–Crippen MR) is 74.0 cm³/mol. The number of hydrogen-bond donors (Lipinski definition) is 0. The number of aromatic nitrogens is 1. The fraction of sp³-hybridized carbons (Fsp3) is 0.214. The molecule has 0 saturated carbocycles. The molecule has 0 radical (unpaired) electrons. The van der Waals surface area contributed by atoms with Gasteiger partial charge in [-0.2, -0.15) is 8.42 Å². The molecule has 0 aliphatic heterocycles. The molecule has 0 aliphatic carbocycles. The third-order valence-electron chi connectivity index (χ3n) is 2.58. The quantitative estimate of drug-likeness (QED) is 0.806. The summed E-state index contributed by atoms with van der Waals surface area (Å²) in [6.45, 7) is 1.66. The molecule has 1 aromatic carbocycles. The van der Waals surface area contributed by atoms with Crippen LogP contribution in [-0.2, 0) is 14.3 Å². The summed E-state index contributed by atoms with van der Waals surface area (Å²) < 4.78 is 27.2. The van der Waals surface area contributed by atoms with E-state index in [0.29, 0.717) is 5.69 Å². The number of nitrogens with zero attached hydrogens (tertiary/aromatic N) is 1. The summed E-state index contributed by atoms with van der Waals surface area (Å²) in [5.41, 5.74) is 2.37. The van der Waals surface area contributed by atoms with Crippen LogP contribution in [0.2, 0.25) is 0 Å². The van der Waals surface area contributed by atoms with E-state index in [1.807, 2.05) is 42.5 Å². The van der Waals surface area contributed by atoms with Gasteiger partial charge in [-0.25, -0.2) is 0 Å². The first-order valence-corrected chi connectivity index (χ1v) is 7.68. The van der Waals surface area contributed by atoms with Crippen LogP contribution in [0.25, 0.3) is 11.3 Å². The van der Waals surface area contributed by atoms with Crippen LogP contribution in [0.4, 0.5) is 0 Å². The minimum atomic E-state index is -3.49. The topological polar surface area (TPSA) is 56.3 Å². The van der Waals surface area contributed by atoms with Crippen molar-refractivity contribution >= 4 is 10.1 Å². The zero-order chi connectivity index (χ0) is 13.9. The van der Waals surface area contributed by atoms with Gasteiger partial charge in [0, 0.05) is 5.56 Å². The van der Waals surface area contributed by atoms with Gasteiger partial charge in [-0.15, -0.1) is 0 Å². The highest BCUT2D eigenvalue weighted by Gasteiger charge is 2.14. The maximum atomic E-state index is 11.1. The molecule has 0 unspecified atom stereocenters. The second-order valence-corrected chi connectivity index (χ2v) is 5.86. The molecular weight excluding hydrogens is 262 g/mol. The van der Waals surface area contributed by atoms with Gasteiger partial charge < -0.3 is 0 Å². The van der Waals surface area contributed by atoms with Crippen LogP contribution in [0.3, 0.4) is 0 Å². The molecule has 5 heteroatoms. The molecule has 1 heterocycles. The molecule has 0 N–H and O–H groups in total. The zero-order valence-electron chi connectivity index (χ0n) is 10.8. The lowest BCUT2D eigenvalue weighted by Crippen LogP contribution is -2.09. The van der Waals surface area contributed by atoms with Gasteiger partial charge in [-0.1, -0.05) is 36.4 Å². The molecule has 4 nitrogen and oxygen atoms in total. The highest BCUT2D eigenvalue weighted by atomic mass is 32.2. The first kappa shape index (κ1) is 13.7. The number of pyridine rings is 1. The van der Waals surface area contributed by atoms with Gasteiger partial charge in [0.05, 0.1) is 17.6 Å². The average molecular weight is 277 g/mol. The van der Waals surface area contributed by atoms with Crippen molar-refractivity contribution < 1.29 is 12.6 Å². The van der Waals surface area contributed by atoms with E-state index < -0.39 is 16.2 Å². The van der Waals surface area contributed by atoms with Crippen molar-refractivity contribution in [3.8, 4) is 11.3 Å². The van der Waals surface area contributed by atoms with Crippen molar-refractivity contribution in [2.24, 2.45) is 0 Å². The molecule has 1 atom stereocenters. The highest BCUT2D eigenvalue weighted by molar-refractivity contribution is 7.86. The summed E-state index contributed by atoms with van der Waals surface area (Å²) in [4.78, 5) is 4.44. The monoisotopic (exact) mass is 277 g/mol. The molecule has 0 amide bonds. The molecular formula is C14H15NO3S. The van der Waals surface area contributed by atoms with E-state index >= 15 is 0 Å². The number of rotatable bonds is 4. The van der Waals surface area contributed by atoms with Gasteiger partial charge >= 0.3 is 0 Å². The predicted octanol–water partition coefficient (Wildman–Crippen LogP) is 2.79. The molecule has 0 saturated heterocycles. The smallest absolute Gasteiger partial charge is 0.261 e. The normalized spacial score (nSPS) is 13.2. The Morgan fingerprint density at radius 2 is 1.74 bits per heavy atom. The third-order valence-corrected chi connectivity index (χ3v) is 3.21. The van der Waals surface area contributed by atoms with Crippen molar-refractivity contribution in [3.63, 3.8) is 0 Å². The van der Waals surface area contributed by atoms with Crippen LogP contribution < -0.4 is 0 Å². The number of hydrogen-bond acceptors (Lipinski definition) is 4. The standard InChI is InChI=1S/C14H15NO3S/c1-11(18-19(2,16)17)13-9-6-10-14(15-13)12-7-4-3-5-8-12/h3-11H,1-2H3/t11-/m1/s1. The van der Waals surface area contributed by atoms with Crippen molar-refractivity contribution in [2.75, 3.05) is 6.26 Å². The van der Waals surface area contributed by atoms with Crippen LogP contribution in [0.15, 0.2) is 48.5 Å². The van der Waals surface area contributed by atoms with E-state index in [1.54, 1.807) is 13.0 Å².